The zero-order valence-corrected chi connectivity index (χ0v) is 14.0. The van der Waals surface area contributed by atoms with Gasteiger partial charge in [0.05, 0.1) is 5.75 Å². The van der Waals surface area contributed by atoms with Gasteiger partial charge in [-0.2, -0.15) is 0 Å². The molecule has 0 aliphatic heterocycles. The van der Waals surface area contributed by atoms with Crippen molar-refractivity contribution < 1.29 is 14.0 Å². The molecule has 0 aliphatic carbocycles. The molecule has 2 amide bonds. The summed E-state index contributed by atoms with van der Waals surface area (Å²) in [5.74, 6) is -0.0420. The second-order valence-electron chi connectivity index (χ2n) is 5.12. The predicted molar refractivity (Wildman–Crippen MR) is 87.5 cm³/mol. The third-order valence-electron chi connectivity index (χ3n) is 3.26. The van der Waals surface area contributed by atoms with Crippen LogP contribution in [0.2, 0.25) is 0 Å². The molecule has 0 saturated carbocycles. The fourth-order valence-corrected chi connectivity index (χ4v) is 2.67. The van der Waals surface area contributed by atoms with Gasteiger partial charge < -0.3 is 15.6 Å². The van der Waals surface area contributed by atoms with E-state index in [1.807, 2.05) is 0 Å². The molecule has 2 rings (SSSR count). The lowest BCUT2D eigenvalue weighted by atomic mass is 10.2. The number of rotatable bonds is 8. The van der Waals surface area contributed by atoms with Crippen LogP contribution in [0.1, 0.15) is 17.8 Å². The van der Waals surface area contributed by atoms with Crippen LogP contribution >= 0.6 is 11.8 Å². The molecular weight excluding hydrogens is 333 g/mol. The Kier molecular flexibility index (Phi) is 6.30. The molecule has 7 nitrogen and oxygen atoms in total. The molecular formula is C15H18FN5O2S. The number of halogens is 1. The Labute approximate surface area is 142 Å². The minimum Gasteiger partial charge on any atom is -0.370 e. The molecule has 1 aromatic heterocycles. The van der Waals surface area contributed by atoms with Gasteiger partial charge in [0.25, 0.3) is 0 Å². The number of carbonyl (C=O) groups is 2. The third-order valence-corrected chi connectivity index (χ3v) is 4.28. The molecule has 3 N–H and O–H groups in total. The summed E-state index contributed by atoms with van der Waals surface area (Å²) in [5.41, 5.74) is 5.93. The van der Waals surface area contributed by atoms with Gasteiger partial charge >= 0.3 is 0 Å². The van der Waals surface area contributed by atoms with Crippen LogP contribution in [0.15, 0.2) is 29.4 Å². The minimum atomic E-state index is -0.396. The molecule has 1 heterocycles. The number of hydrogen-bond donors (Lipinski definition) is 2. The van der Waals surface area contributed by atoms with Gasteiger partial charge in [-0.15, -0.1) is 10.2 Å². The molecule has 128 valence electrons. The lowest BCUT2D eigenvalue weighted by molar-refractivity contribution is -0.119. The van der Waals surface area contributed by atoms with Gasteiger partial charge in [0, 0.05) is 26.4 Å². The number of nitrogens with one attached hydrogen (secondary N) is 1. The summed E-state index contributed by atoms with van der Waals surface area (Å²) in [6, 6.07) is 5.94. The maximum atomic E-state index is 12.8. The van der Waals surface area contributed by atoms with Crippen LogP contribution in [0.4, 0.5) is 4.39 Å². The summed E-state index contributed by atoms with van der Waals surface area (Å²) in [6.07, 6.45) is 0.616. The average Bonchev–Trinajstić information content (AvgIpc) is 2.90. The van der Waals surface area contributed by atoms with Crippen LogP contribution in [-0.4, -0.2) is 32.3 Å². The minimum absolute atomic E-state index is 0.161. The molecule has 9 heteroatoms. The van der Waals surface area contributed by atoms with E-state index in [0.717, 1.165) is 5.56 Å². The van der Waals surface area contributed by atoms with Crippen molar-refractivity contribution in [2.24, 2.45) is 12.8 Å². The fraction of sp³-hybridized carbons (Fsp3) is 0.333. The molecule has 0 aliphatic rings. The normalized spacial score (nSPS) is 10.6. The summed E-state index contributed by atoms with van der Waals surface area (Å²) in [6.45, 7) is 0.336. The number of nitrogens with zero attached hydrogens (tertiary/aromatic N) is 3. The molecule has 0 fully saturated rings. The van der Waals surface area contributed by atoms with Crippen molar-refractivity contribution in [2.45, 2.75) is 24.5 Å². The Morgan fingerprint density at radius 1 is 1.29 bits per heavy atom. The highest BCUT2D eigenvalue weighted by atomic mass is 32.2. The first-order valence-electron chi connectivity index (χ1n) is 7.26. The molecule has 24 heavy (non-hydrogen) atoms. The second-order valence-corrected chi connectivity index (χ2v) is 6.06. The monoisotopic (exact) mass is 351 g/mol. The highest BCUT2D eigenvalue weighted by molar-refractivity contribution is 7.99. The van der Waals surface area contributed by atoms with Crippen molar-refractivity contribution >= 4 is 23.6 Å². The lowest BCUT2D eigenvalue weighted by Gasteiger charge is -2.05. The quantitative estimate of drug-likeness (QED) is 0.684. The number of hydrogen-bond acceptors (Lipinski definition) is 5. The van der Waals surface area contributed by atoms with Gasteiger partial charge in [-0.3, -0.25) is 9.59 Å². The molecule has 0 spiro atoms. The van der Waals surface area contributed by atoms with E-state index in [0.29, 0.717) is 23.9 Å². The lowest BCUT2D eigenvalue weighted by Crippen LogP contribution is -2.24. The first-order valence-corrected chi connectivity index (χ1v) is 8.25. The van der Waals surface area contributed by atoms with E-state index in [4.69, 9.17) is 5.73 Å². The Morgan fingerprint density at radius 3 is 2.67 bits per heavy atom. The largest absolute Gasteiger partial charge is 0.370 e. The highest BCUT2D eigenvalue weighted by Crippen LogP contribution is 2.16. The number of nitrogens with two attached hydrogens (primary N) is 1. The van der Waals surface area contributed by atoms with Crippen molar-refractivity contribution in [2.75, 3.05) is 5.75 Å². The Bertz CT molecular complexity index is 717. The first-order chi connectivity index (χ1) is 11.5. The van der Waals surface area contributed by atoms with Crippen molar-refractivity contribution in [3.63, 3.8) is 0 Å². The average molecular weight is 351 g/mol. The molecule has 0 atom stereocenters. The predicted octanol–water partition coefficient (Wildman–Crippen LogP) is 0.781. The van der Waals surface area contributed by atoms with E-state index in [1.165, 1.54) is 23.9 Å². The van der Waals surface area contributed by atoms with Crippen LogP contribution in [0.25, 0.3) is 0 Å². The van der Waals surface area contributed by atoms with Crippen LogP contribution < -0.4 is 11.1 Å². The number of benzene rings is 1. The first kappa shape index (κ1) is 17.9. The number of amides is 2. The zero-order chi connectivity index (χ0) is 17.5. The number of aryl methyl sites for hydroxylation is 1. The maximum Gasteiger partial charge on any atom is 0.230 e. The van der Waals surface area contributed by atoms with Crippen LogP contribution in [0.3, 0.4) is 0 Å². The Morgan fingerprint density at radius 2 is 2.00 bits per heavy atom. The SMILES string of the molecule is Cn1c(CCC(N)=O)nnc1SCC(=O)NCc1ccc(F)cc1. The smallest absolute Gasteiger partial charge is 0.230 e. The van der Waals surface area contributed by atoms with Crippen molar-refractivity contribution in [3.05, 3.63) is 41.5 Å². The van der Waals surface area contributed by atoms with Crippen LogP contribution in [-0.2, 0) is 29.6 Å². The molecule has 0 unspecified atom stereocenters. The van der Waals surface area contributed by atoms with Gasteiger partial charge in [0.1, 0.15) is 11.6 Å². The van der Waals surface area contributed by atoms with Gasteiger partial charge in [-0.05, 0) is 17.7 Å². The van der Waals surface area contributed by atoms with Crippen molar-refractivity contribution in [1.82, 2.24) is 20.1 Å². The molecule has 0 bridgehead atoms. The van der Waals surface area contributed by atoms with Crippen molar-refractivity contribution in [1.29, 1.82) is 0 Å². The number of primary amides is 1. The second kappa shape index (κ2) is 8.44. The van der Waals surface area contributed by atoms with E-state index in [1.54, 1.807) is 23.7 Å². The molecule has 0 saturated heterocycles. The summed E-state index contributed by atoms with van der Waals surface area (Å²) in [7, 11) is 1.77. The maximum absolute atomic E-state index is 12.8. The standard InChI is InChI=1S/C15H18FN5O2S/c1-21-13(7-6-12(17)22)19-20-15(21)24-9-14(23)18-8-10-2-4-11(16)5-3-10/h2-5H,6-9H2,1H3,(H2,17,22)(H,18,23). The Hall–Kier alpha value is -2.42. The fourth-order valence-electron chi connectivity index (χ4n) is 1.91. The molecule has 2 aromatic rings. The van der Waals surface area contributed by atoms with Gasteiger partial charge in [0.15, 0.2) is 5.16 Å². The van der Waals surface area contributed by atoms with E-state index < -0.39 is 5.91 Å². The van der Waals surface area contributed by atoms with Crippen LogP contribution in [0.5, 0.6) is 0 Å². The molecule has 0 radical (unpaired) electrons. The topological polar surface area (TPSA) is 103 Å². The van der Waals surface area contributed by atoms with Gasteiger partial charge in [-0.25, -0.2) is 4.39 Å². The number of aromatic nitrogens is 3. The van der Waals surface area contributed by atoms with Crippen LogP contribution in [0, 0.1) is 5.82 Å². The van der Waals surface area contributed by atoms with E-state index in [2.05, 4.69) is 15.5 Å². The summed E-state index contributed by atoms with van der Waals surface area (Å²) < 4.78 is 14.5. The number of carbonyl (C=O) groups excluding carboxylic acids is 2. The third kappa shape index (κ3) is 5.34. The van der Waals surface area contributed by atoms with Gasteiger partial charge in [0.2, 0.25) is 11.8 Å². The molecule has 1 aromatic carbocycles. The number of thioether (sulfide) groups is 1. The van der Waals surface area contributed by atoms with Gasteiger partial charge in [-0.1, -0.05) is 23.9 Å². The van der Waals surface area contributed by atoms with E-state index in [-0.39, 0.29) is 23.9 Å². The highest BCUT2D eigenvalue weighted by Gasteiger charge is 2.12. The summed E-state index contributed by atoms with van der Waals surface area (Å²) in [4.78, 5) is 22.7. The Balaban J connectivity index is 1.79. The summed E-state index contributed by atoms with van der Waals surface area (Å²) in [5, 5.41) is 11.3. The zero-order valence-electron chi connectivity index (χ0n) is 13.2. The van der Waals surface area contributed by atoms with Crippen molar-refractivity contribution in [3.8, 4) is 0 Å². The summed E-state index contributed by atoms with van der Waals surface area (Å²) >= 11 is 1.25. The van der Waals surface area contributed by atoms with E-state index in [9.17, 15) is 14.0 Å². The van der Waals surface area contributed by atoms with E-state index >= 15 is 0 Å².